The first kappa shape index (κ1) is 19.8. The minimum Gasteiger partial charge on any atom is -0.493 e. The second kappa shape index (κ2) is 10.5. The van der Waals surface area contributed by atoms with E-state index in [4.69, 9.17) is 9.47 Å². The van der Waals surface area contributed by atoms with E-state index in [2.05, 4.69) is 10.6 Å². The molecule has 0 heterocycles. The molecule has 3 amide bonds. The van der Waals surface area contributed by atoms with Crippen molar-refractivity contribution >= 4 is 11.9 Å². The first-order valence-electron chi connectivity index (χ1n) is 8.06. The van der Waals surface area contributed by atoms with Gasteiger partial charge in [-0.05, 0) is 38.1 Å². The first-order valence-corrected chi connectivity index (χ1v) is 8.06. The van der Waals surface area contributed by atoms with E-state index in [1.807, 2.05) is 44.0 Å². The Kier molecular flexibility index (Phi) is 8.64. The second-order valence-corrected chi connectivity index (χ2v) is 5.39. The van der Waals surface area contributed by atoms with E-state index in [-0.39, 0.29) is 12.5 Å². The molecule has 0 aliphatic rings. The maximum Gasteiger partial charge on any atom is 0.321 e. The summed E-state index contributed by atoms with van der Waals surface area (Å²) in [6, 6.07) is 5.20. The van der Waals surface area contributed by atoms with Crippen LogP contribution in [0.25, 0.3) is 0 Å². The van der Waals surface area contributed by atoms with E-state index in [0.717, 1.165) is 12.0 Å². The molecule has 0 bridgehead atoms. The largest absolute Gasteiger partial charge is 0.493 e. The number of rotatable bonds is 9. The van der Waals surface area contributed by atoms with Gasteiger partial charge in [-0.3, -0.25) is 15.0 Å². The Morgan fingerprint density at radius 2 is 1.96 bits per heavy atom. The topological polar surface area (TPSA) is 79.9 Å². The Labute approximate surface area is 143 Å². The fraction of sp³-hybridized carbons (Fsp3) is 0.529. The van der Waals surface area contributed by atoms with E-state index in [1.165, 1.54) is 0 Å². The number of hydrogen-bond donors (Lipinski definition) is 2. The second-order valence-electron chi connectivity index (χ2n) is 5.39. The average molecular weight is 337 g/mol. The number of carbonyl (C=O) groups is 2. The van der Waals surface area contributed by atoms with E-state index in [0.29, 0.717) is 31.2 Å². The minimum atomic E-state index is -0.460. The number of hydrogen-bond acceptors (Lipinski definition) is 5. The van der Waals surface area contributed by atoms with Crippen LogP contribution in [0.15, 0.2) is 18.2 Å². The van der Waals surface area contributed by atoms with Gasteiger partial charge in [0.15, 0.2) is 11.5 Å². The zero-order chi connectivity index (χ0) is 17.9. The molecule has 1 aromatic carbocycles. The molecule has 7 heteroatoms. The molecular formula is C17H27N3O4. The maximum atomic E-state index is 11.8. The van der Waals surface area contributed by atoms with Crippen LogP contribution in [0.2, 0.25) is 0 Å². The molecule has 2 N–H and O–H groups in total. The number of nitrogens with one attached hydrogen (secondary N) is 2. The lowest BCUT2D eigenvalue weighted by Crippen LogP contribution is -2.43. The third-order valence-electron chi connectivity index (χ3n) is 3.18. The van der Waals surface area contributed by atoms with Gasteiger partial charge in [-0.1, -0.05) is 13.0 Å². The lowest BCUT2D eigenvalue weighted by atomic mass is 10.2. The Bertz CT molecular complexity index is 549. The van der Waals surface area contributed by atoms with Crippen molar-refractivity contribution in [2.24, 2.45) is 0 Å². The molecule has 0 aromatic heterocycles. The number of benzene rings is 1. The molecule has 134 valence electrons. The van der Waals surface area contributed by atoms with Gasteiger partial charge in [-0.25, -0.2) is 4.79 Å². The maximum absolute atomic E-state index is 11.8. The van der Waals surface area contributed by atoms with Crippen LogP contribution in [0.4, 0.5) is 4.79 Å². The predicted octanol–water partition coefficient (Wildman–Crippen LogP) is 1.76. The average Bonchev–Trinajstić information content (AvgIpc) is 2.54. The SMILES string of the molecule is CCCNC(=O)NC(=O)CN(C)Cc1ccc(OCC)c(OC)c1. The summed E-state index contributed by atoms with van der Waals surface area (Å²) >= 11 is 0. The summed E-state index contributed by atoms with van der Waals surface area (Å²) in [5.41, 5.74) is 0.987. The highest BCUT2D eigenvalue weighted by atomic mass is 16.5. The summed E-state index contributed by atoms with van der Waals surface area (Å²) in [7, 11) is 3.40. The van der Waals surface area contributed by atoms with Gasteiger partial charge < -0.3 is 14.8 Å². The van der Waals surface area contributed by atoms with Gasteiger partial charge in [-0.2, -0.15) is 0 Å². The Balaban J connectivity index is 2.53. The van der Waals surface area contributed by atoms with Crippen molar-refractivity contribution in [2.75, 3.05) is 33.9 Å². The smallest absolute Gasteiger partial charge is 0.321 e. The highest BCUT2D eigenvalue weighted by Gasteiger charge is 2.12. The van der Waals surface area contributed by atoms with Crippen molar-refractivity contribution in [2.45, 2.75) is 26.8 Å². The van der Waals surface area contributed by atoms with Crippen molar-refractivity contribution < 1.29 is 19.1 Å². The van der Waals surface area contributed by atoms with Crippen LogP contribution in [0.3, 0.4) is 0 Å². The van der Waals surface area contributed by atoms with Gasteiger partial charge in [-0.15, -0.1) is 0 Å². The fourth-order valence-corrected chi connectivity index (χ4v) is 2.15. The van der Waals surface area contributed by atoms with Crippen molar-refractivity contribution in [3.63, 3.8) is 0 Å². The van der Waals surface area contributed by atoms with Crippen LogP contribution in [0, 0.1) is 0 Å². The lowest BCUT2D eigenvalue weighted by molar-refractivity contribution is -0.120. The number of carbonyl (C=O) groups excluding carboxylic acids is 2. The van der Waals surface area contributed by atoms with Crippen molar-refractivity contribution in [1.29, 1.82) is 0 Å². The van der Waals surface area contributed by atoms with Crippen molar-refractivity contribution in [3.05, 3.63) is 23.8 Å². The predicted molar refractivity (Wildman–Crippen MR) is 92.3 cm³/mol. The molecule has 0 saturated heterocycles. The zero-order valence-electron chi connectivity index (χ0n) is 14.8. The highest BCUT2D eigenvalue weighted by Crippen LogP contribution is 2.28. The number of methoxy groups -OCH3 is 1. The molecule has 24 heavy (non-hydrogen) atoms. The quantitative estimate of drug-likeness (QED) is 0.718. The van der Waals surface area contributed by atoms with Crippen molar-refractivity contribution in [1.82, 2.24) is 15.5 Å². The van der Waals surface area contributed by atoms with Crippen molar-refractivity contribution in [3.8, 4) is 11.5 Å². The van der Waals surface area contributed by atoms with Crippen LogP contribution in [0.1, 0.15) is 25.8 Å². The summed E-state index contributed by atoms with van der Waals surface area (Å²) in [4.78, 5) is 25.1. The van der Waals surface area contributed by atoms with Gasteiger partial charge in [0.2, 0.25) is 5.91 Å². The monoisotopic (exact) mass is 337 g/mol. The number of urea groups is 1. The van der Waals surface area contributed by atoms with E-state index in [1.54, 1.807) is 7.11 Å². The summed E-state index contributed by atoms with van der Waals surface area (Å²) in [5.74, 6) is 1.01. The summed E-state index contributed by atoms with van der Waals surface area (Å²) in [6.45, 7) is 5.63. The van der Waals surface area contributed by atoms with E-state index < -0.39 is 6.03 Å². The van der Waals surface area contributed by atoms with Gasteiger partial charge >= 0.3 is 6.03 Å². The third kappa shape index (κ3) is 6.87. The molecule has 7 nitrogen and oxygen atoms in total. The van der Waals surface area contributed by atoms with Crippen LogP contribution >= 0.6 is 0 Å². The van der Waals surface area contributed by atoms with Crippen LogP contribution in [0.5, 0.6) is 11.5 Å². The van der Waals surface area contributed by atoms with Gasteiger partial charge in [0, 0.05) is 13.1 Å². The van der Waals surface area contributed by atoms with Gasteiger partial charge in [0.25, 0.3) is 0 Å². The molecule has 1 rings (SSSR count). The number of ether oxygens (including phenoxy) is 2. The van der Waals surface area contributed by atoms with Crippen LogP contribution in [-0.4, -0.2) is 50.7 Å². The van der Waals surface area contributed by atoms with E-state index >= 15 is 0 Å². The molecule has 0 spiro atoms. The third-order valence-corrected chi connectivity index (χ3v) is 3.18. The highest BCUT2D eigenvalue weighted by molar-refractivity contribution is 5.95. The Morgan fingerprint density at radius 1 is 1.21 bits per heavy atom. The number of nitrogens with zero attached hydrogens (tertiary/aromatic N) is 1. The first-order chi connectivity index (χ1) is 11.5. The lowest BCUT2D eigenvalue weighted by Gasteiger charge is -2.17. The van der Waals surface area contributed by atoms with Crippen LogP contribution in [-0.2, 0) is 11.3 Å². The molecule has 0 saturated carbocycles. The molecule has 0 unspecified atom stereocenters. The van der Waals surface area contributed by atoms with Gasteiger partial charge in [0.05, 0.1) is 20.3 Å². The van der Waals surface area contributed by atoms with Crippen LogP contribution < -0.4 is 20.1 Å². The molecule has 0 fully saturated rings. The number of imide groups is 1. The fourth-order valence-electron chi connectivity index (χ4n) is 2.15. The molecule has 0 atom stereocenters. The van der Waals surface area contributed by atoms with E-state index in [9.17, 15) is 9.59 Å². The summed E-state index contributed by atoms with van der Waals surface area (Å²) in [5, 5.41) is 4.90. The number of amides is 3. The number of likely N-dealkylation sites (N-methyl/N-ethyl adjacent to an activating group) is 1. The molecular weight excluding hydrogens is 310 g/mol. The zero-order valence-corrected chi connectivity index (χ0v) is 14.8. The standard InChI is InChI=1S/C17H27N3O4/c1-5-9-18-17(22)19-16(21)12-20(3)11-13-7-8-14(24-6-2)15(10-13)23-4/h7-8,10H,5-6,9,11-12H2,1-4H3,(H2,18,19,21,22). The molecule has 0 aliphatic carbocycles. The normalized spacial score (nSPS) is 10.4. The molecule has 1 aromatic rings. The minimum absolute atomic E-state index is 0.120. The Morgan fingerprint density at radius 3 is 2.58 bits per heavy atom. The molecule has 0 radical (unpaired) electrons. The van der Waals surface area contributed by atoms with Gasteiger partial charge in [0.1, 0.15) is 0 Å². The molecule has 0 aliphatic heterocycles. The Hall–Kier alpha value is -2.28. The summed E-state index contributed by atoms with van der Waals surface area (Å²) < 4.78 is 10.8. The summed E-state index contributed by atoms with van der Waals surface area (Å²) in [6.07, 6.45) is 0.821.